The molecule has 0 atom stereocenters. The van der Waals surface area contributed by atoms with Crippen molar-refractivity contribution in [2.24, 2.45) is 0 Å². The molecule has 7 heteroatoms. The Kier molecular flexibility index (Phi) is 3.34. The van der Waals surface area contributed by atoms with Gasteiger partial charge in [-0.3, -0.25) is 19.8 Å². The third-order valence-electron chi connectivity index (χ3n) is 3.75. The third-order valence-corrected chi connectivity index (χ3v) is 4.82. The van der Waals surface area contributed by atoms with Gasteiger partial charge in [-0.05, 0) is 17.7 Å². The summed E-state index contributed by atoms with van der Waals surface area (Å²) in [5, 5.41) is 16.8. The first-order valence-corrected chi connectivity index (χ1v) is 8.11. The van der Waals surface area contributed by atoms with E-state index in [-0.39, 0.29) is 10.6 Å². The highest BCUT2D eigenvalue weighted by Gasteiger charge is 2.25. The largest absolute Gasteiger partial charge is 0.270 e. The number of nitro groups is 1. The van der Waals surface area contributed by atoms with Crippen molar-refractivity contribution >= 4 is 17.4 Å². The molecule has 0 unspecified atom stereocenters. The lowest BCUT2D eigenvalue weighted by Crippen LogP contribution is -1.96. The van der Waals surface area contributed by atoms with Gasteiger partial charge in [-0.1, -0.05) is 12.1 Å². The average Bonchev–Trinajstić information content (AvgIpc) is 3.16. The van der Waals surface area contributed by atoms with Gasteiger partial charge < -0.3 is 0 Å². The van der Waals surface area contributed by atoms with Crippen molar-refractivity contribution in [3.8, 4) is 22.4 Å². The maximum absolute atomic E-state index is 11.0. The molecule has 3 heterocycles. The number of hydrogen-bond donors (Lipinski definition) is 0. The van der Waals surface area contributed by atoms with E-state index >= 15 is 0 Å². The summed E-state index contributed by atoms with van der Waals surface area (Å²) in [6.07, 6.45) is 3.49. The van der Waals surface area contributed by atoms with Crippen molar-refractivity contribution in [1.82, 2.24) is 14.8 Å². The molecular formula is C16H12N4O2S. The van der Waals surface area contributed by atoms with E-state index in [1.165, 1.54) is 6.07 Å². The van der Waals surface area contributed by atoms with Crippen molar-refractivity contribution in [3.63, 3.8) is 0 Å². The van der Waals surface area contributed by atoms with Crippen LogP contribution in [-0.2, 0) is 6.54 Å². The molecule has 0 N–H and O–H groups in total. The standard InChI is InChI=1S/C16H12N4O2S/c21-20(22)13-3-1-2-12(10-13)15-14(11-4-6-17-7-5-11)16-19(18-15)8-9-23-16/h1-7,10H,8-9H2. The topological polar surface area (TPSA) is 73.8 Å². The van der Waals surface area contributed by atoms with E-state index in [4.69, 9.17) is 5.10 Å². The quantitative estimate of drug-likeness (QED) is 0.543. The summed E-state index contributed by atoms with van der Waals surface area (Å²) in [5.74, 6) is 0.996. The van der Waals surface area contributed by atoms with Gasteiger partial charge in [0, 0.05) is 41.4 Å². The third kappa shape index (κ3) is 2.39. The lowest BCUT2D eigenvalue weighted by Gasteiger charge is -2.05. The first-order valence-electron chi connectivity index (χ1n) is 7.13. The molecule has 6 nitrogen and oxygen atoms in total. The van der Waals surface area contributed by atoms with Crippen molar-refractivity contribution in [2.45, 2.75) is 11.6 Å². The Labute approximate surface area is 136 Å². The lowest BCUT2D eigenvalue weighted by atomic mass is 10.0. The smallest absolute Gasteiger partial charge is 0.265 e. The Balaban J connectivity index is 1.93. The Morgan fingerprint density at radius 3 is 2.78 bits per heavy atom. The van der Waals surface area contributed by atoms with Gasteiger partial charge in [0.15, 0.2) is 0 Å². The van der Waals surface area contributed by atoms with Crippen LogP contribution in [0.5, 0.6) is 0 Å². The minimum absolute atomic E-state index is 0.0731. The minimum Gasteiger partial charge on any atom is -0.265 e. The molecule has 3 aromatic rings. The zero-order chi connectivity index (χ0) is 15.8. The van der Waals surface area contributed by atoms with Crippen LogP contribution in [0.15, 0.2) is 53.8 Å². The van der Waals surface area contributed by atoms with Crippen LogP contribution in [0, 0.1) is 10.1 Å². The average molecular weight is 324 g/mol. The monoisotopic (exact) mass is 324 g/mol. The van der Waals surface area contributed by atoms with Crippen molar-refractivity contribution in [2.75, 3.05) is 5.75 Å². The van der Waals surface area contributed by atoms with Gasteiger partial charge in [0.1, 0.15) is 10.7 Å². The van der Waals surface area contributed by atoms with E-state index in [0.29, 0.717) is 0 Å². The SMILES string of the molecule is O=[N+]([O-])c1cccc(-c2nn3c(c2-c2ccncc2)SCC3)c1. The number of rotatable bonds is 3. The fraction of sp³-hybridized carbons (Fsp3) is 0.125. The number of fused-ring (bicyclic) bond motifs is 1. The van der Waals surface area contributed by atoms with Gasteiger partial charge >= 0.3 is 0 Å². The molecule has 1 aromatic carbocycles. The number of pyridine rings is 1. The molecule has 0 amide bonds. The second-order valence-electron chi connectivity index (χ2n) is 5.14. The molecule has 0 bridgehead atoms. The second-order valence-corrected chi connectivity index (χ2v) is 6.23. The van der Waals surface area contributed by atoms with Gasteiger partial charge in [-0.2, -0.15) is 5.10 Å². The van der Waals surface area contributed by atoms with E-state index in [9.17, 15) is 10.1 Å². The number of benzene rings is 1. The molecule has 2 aromatic heterocycles. The number of aryl methyl sites for hydroxylation is 1. The van der Waals surface area contributed by atoms with Crippen molar-refractivity contribution in [1.29, 1.82) is 0 Å². The van der Waals surface area contributed by atoms with Crippen LogP contribution < -0.4 is 0 Å². The zero-order valence-corrected chi connectivity index (χ0v) is 12.9. The van der Waals surface area contributed by atoms with Crippen LogP contribution >= 0.6 is 11.8 Å². The van der Waals surface area contributed by atoms with E-state index in [0.717, 1.165) is 39.7 Å². The number of nitro benzene ring substituents is 1. The number of nitrogens with zero attached hydrogens (tertiary/aromatic N) is 4. The molecule has 23 heavy (non-hydrogen) atoms. The normalized spacial score (nSPS) is 13.0. The predicted molar refractivity (Wildman–Crippen MR) is 88.3 cm³/mol. The van der Waals surface area contributed by atoms with Crippen LogP contribution in [0.25, 0.3) is 22.4 Å². The molecule has 0 saturated heterocycles. The molecule has 1 aliphatic rings. The molecule has 4 rings (SSSR count). The highest BCUT2D eigenvalue weighted by molar-refractivity contribution is 7.99. The molecular weight excluding hydrogens is 312 g/mol. The Morgan fingerprint density at radius 2 is 2.00 bits per heavy atom. The van der Waals surface area contributed by atoms with Gasteiger partial charge in [-0.15, -0.1) is 11.8 Å². The molecule has 114 valence electrons. The van der Waals surface area contributed by atoms with E-state index in [1.54, 1.807) is 36.3 Å². The summed E-state index contributed by atoms with van der Waals surface area (Å²) in [4.78, 5) is 14.7. The van der Waals surface area contributed by atoms with Crippen LogP contribution in [0.2, 0.25) is 0 Å². The van der Waals surface area contributed by atoms with Crippen molar-refractivity contribution < 1.29 is 4.92 Å². The molecule has 0 fully saturated rings. The van der Waals surface area contributed by atoms with Crippen LogP contribution in [0.1, 0.15) is 0 Å². The highest BCUT2D eigenvalue weighted by atomic mass is 32.2. The van der Waals surface area contributed by atoms with Gasteiger partial charge in [0.25, 0.3) is 5.69 Å². The summed E-state index contributed by atoms with van der Waals surface area (Å²) in [6, 6.07) is 10.5. The van der Waals surface area contributed by atoms with Crippen LogP contribution in [-0.4, -0.2) is 25.4 Å². The van der Waals surface area contributed by atoms with Gasteiger partial charge in [0.2, 0.25) is 0 Å². The maximum atomic E-state index is 11.0. The number of aromatic nitrogens is 3. The van der Waals surface area contributed by atoms with Gasteiger partial charge in [-0.25, -0.2) is 0 Å². The van der Waals surface area contributed by atoms with E-state index in [2.05, 4.69) is 4.98 Å². The van der Waals surface area contributed by atoms with Crippen LogP contribution in [0.4, 0.5) is 5.69 Å². The summed E-state index contributed by atoms with van der Waals surface area (Å²) in [5.41, 5.74) is 3.66. The molecule has 1 aliphatic heterocycles. The molecule has 0 saturated carbocycles. The Bertz CT molecular complexity index is 892. The Hall–Kier alpha value is -2.67. The second kappa shape index (κ2) is 5.51. The molecule has 0 aliphatic carbocycles. The summed E-state index contributed by atoms with van der Waals surface area (Å²) >= 11 is 1.76. The van der Waals surface area contributed by atoms with Gasteiger partial charge in [0.05, 0.1) is 11.5 Å². The first-order chi connectivity index (χ1) is 11.2. The number of hydrogen-bond acceptors (Lipinski definition) is 5. The number of non-ortho nitro benzene ring substituents is 1. The van der Waals surface area contributed by atoms with E-state index in [1.807, 2.05) is 22.9 Å². The highest BCUT2D eigenvalue weighted by Crippen LogP contribution is 2.42. The molecule has 0 spiro atoms. The summed E-state index contributed by atoms with van der Waals surface area (Å²) in [6.45, 7) is 0.854. The fourth-order valence-corrected chi connectivity index (χ4v) is 3.82. The summed E-state index contributed by atoms with van der Waals surface area (Å²) < 4.78 is 1.98. The predicted octanol–water partition coefficient (Wildman–Crippen LogP) is 3.63. The molecule has 0 radical (unpaired) electrons. The van der Waals surface area contributed by atoms with Crippen molar-refractivity contribution in [3.05, 3.63) is 58.9 Å². The minimum atomic E-state index is -0.381. The lowest BCUT2D eigenvalue weighted by molar-refractivity contribution is -0.384. The van der Waals surface area contributed by atoms with Crippen LogP contribution in [0.3, 0.4) is 0 Å². The Morgan fingerprint density at radius 1 is 1.17 bits per heavy atom. The maximum Gasteiger partial charge on any atom is 0.270 e. The fourth-order valence-electron chi connectivity index (χ4n) is 2.72. The number of thioether (sulfide) groups is 1. The summed E-state index contributed by atoms with van der Waals surface area (Å²) in [7, 11) is 0. The van der Waals surface area contributed by atoms with E-state index < -0.39 is 0 Å². The zero-order valence-electron chi connectivity index (χ0n) is 12.0. The first kappa shape index (κ1) is 14.0.